The molecule has 1 amide bonds. The Balaban J connectivity index is 1.94. The zero-order valence-corrected chi connectivity index (χ0v) is 12.5. The molecule has 0 aromatic carbocycles. The van der Waals surface area contributed by atoms with Crippen LogP contribution in [0.3, 0.4) is 0 Å². The molecule has 0 bridgehead atoms. The van der Waals surface area contributed by atoms with Gasteiger partial charge in [0.15, 0.2) is 5.16 Å². The number of hydrogen-bond donors (Lipinski definition) is 2. The Kier molecular flexibility index (Phi) is 3.71. The van der Waals surface area contributed by atoms with E-state index in [1.54, 1.807) is 25.4 Å². The third-order valence-electron chi connectivity index (χ3n) is 3.63. The smallest absolute Gasteiger partial charge is 0.353 e. The summed E-state index contributed by atoms with van der Waals surface area (Å²) >= 11 is 1.16. The zero-order chi connectivity index (χ0) is 15.9. The quantitative estimate of drug-likeness (QED) is 0.480. The molecule has 7 nitrogen and oxygen atoms in total. The summed E-state index contributed by atoms with van der Waals surface area (Å²) in [6, 6.07) is 1.37. The fourth-order valence-corrected chi connectivity index (χ4v) is 3.62. The summed E-state index contributed by atoms with van der Waals surface area (Å²) in [5.41, 5.74) is 1.07. The number of hydrogen-bond acceptors (Lipinski definition) is 6. The lowest BCUT2D eigenvalue weighted by Gasteiger charge is -2.39. The van der Waals surface area contributed by atoms with Crippen molar-refractivity contribution >= 4 is 23.6 Å². The highest BCUT2D eigenvalue weighted by atomic mass is 32.2. The lowest BCUT2D eigenvalue weighted by atomic mass is 9.90. The average Bonchev–Trinajstić information content (AvgIpc) is 2.83. The van der Waals surface area contributed by atoms with Crippen molar-refractivity contribution < 1.29 is 19.8 Å². The van der Waals surface area contributed by atoms with E-state index in [1.807, 2.05) is 0 Å². The normalized spacial score (nSPS) is 22.5. The summed E-state index contributed by atoms with van der Waals surface area (Å²) in [7, 11) is 0. The van der Waals surface area contributed by atoms with Crippen molar-refractivity contribution in [1.29, 1.82) is 0 Å². The van der Waals surface area contributed by atoms with Crippen molar-refractivity contribution in [1.82, 2.24) is 14.9 Å². The second kappa shape index (κ2) is 5.54. The number of aliphatic hydroxyl groups is 1. The summed E-state index contributed by atoms with van der Waals surface area (Å²) < 4.78 is 0. The molecule has 1 aromatic heterocycles. The highest BCUT2D eigenvalue weighted by Gasteiger charge is 2.52. The molecule has 3 rings (SSSR count). The fourth-order valence-electron chi connectivity index (χ4n) is 2.65. The summed E-state index contributed by atoms with van der Waals surface area (Å²) in [6.45, 7) is 1.47. The number of carboxylic acids is 1. The van der Waals surface area contributed by atoms with Crippen molar-refractivity contribution in [3.63, 3.8) is 0 Å². The Morgan fingerprint density at radius 1 is 1.45 bits per heavy atom. The first-order valence-electron chi connectivity index (χ1n) is 6.60. The third kappa shape index (κ3) is 2.20. The molecule has 1 fully saturated rings. The van der Waals surface area contributed by atoms with E-state index in [0.29, 0.717) is 27.6 Å². The maximum Gasteiger partial charge on any atom is 0.353 e. The van der Waals surface area contributed by atoms with Crippen molar-refractivity contribution in [3.8, 4) is 0 Å². The largest absolute Gasteiger partial charge is 0.477 e. The van der Waals surface area contributed by atoms with Gasteiger partial charge >= 0.3 is 5.97 Å². The topological polar surface area (TPSA) is 104 Å². The van der Waals surface area contributed by atoms with E-state index in [0.717, 1.165) is 11.8 Å². The maximum absolute atomic E-state index is 12.2. The molecule has 0 radical (unpaired) electrons. The van der Waals surface area contributed by atoms with Crippen LogP contribution in [0.5, 0.6) is 0 Å². The SMILES string of the molecule is CC(CO)=C1C(=O)N2C(C(=O)O)=C(Sc3ncccn3)C[C@H]12. The number of aromatic nitrogens is 2. The molecule has 0 aliphatic carbocycles. The van der Waals surface area contributed by atoms with Crippen molar-refractivity contribution in [2.24, 2.45) is 0 Å². The molecular formula is C14H13N3O4S. The first-order chi connectivity index (χ1) is 10.5. The van der Waals surface area contributed by atoms with Crippen LogP contribution < -0.4 is 0 Å². The summed E-state index contributed by atoms with van der Waals surface area (Å²) in [6.07, 6.45) is 3.56. The highest BCUT2D eigenvalue weighted by Crippen LogP contribution is 2.47. The summed E-state index contributed by atoms with van der Waals surface area (Å²) in [5, 5.41) is 19.1. The number of amides is 1. The van der Waals surface area contributed by atoms with Crippen LogP contribution in [-0.4, -0.2) is 49.6 Å². The third-order valence-corrected chi connectivity index (χ3v) is 4.63. The number of nitrogens with zero attached hydrogens (tertiary/aromatic N) is 3. The molecular weight excluding hydrogens is 306 g/mol. The number of aliphatic carboxylic acids is 1. The van der Waals surface area contributed by atoms with E-state index in [1.165, 1.54) is 4.90 Å². The van der Waals surface area contributed by atoms with Crippen LogP contribution in [0.25, 0.3) is 0 Å². The number of thioether (sulfide) groups is 1. The number of carbonyl (C=O) groups is 2. The van der Waals surface area contributed by atoms with Crippen LogP contribution in [0.15, 0.2) is 45.4 Å². The van der Waals surface area contributed by atoms with Crippen molar-refractivity contribution in [2.75, 3.05) is 6.61 Å². The standard InChI is InChI=1S/C14H13N3O4S/c1-7(6-18)10-8-5-9(22-14-15-3-2-4-16-14)11(13(20)21)17(8)12(10)19/h2-4,8,18H,5-6H2,1H3,(H,20,21)/t8-/m1/s1. The fraction of sp³-hybridized carbons (Fsp3) is 0.286. The molecule has 114 valence electrons. The van der Waals surface area contributed by atoms with Gasteiger partial charge in [0.1, 0.15) is 5.70 Å². The molecule has 1 saturated heterocycles. The van der Waals surface area contributed by atoms with Gasteiger partial charge in [0.25, 0.3) is 5.91 Å². The minimum Gasteiger partial charge on any atom is -0.477 e. The molecule has 8 heteroatoms. The van der Waals surface area contributed by atoms with E-state index in [9.17, 15) is 19.8 Å². The lowest BCUT2D eigenvalue weighted by molar-refractivity contribution is -0.142. The van der Waals surface area contributed by atoms with E-state index in [2.05, 4.69) is 9.97 Å². The van der Waals surface area contributed by atoms with Gasteiger partial charge in [-0.3, -0.25) is 9.69 Å². The maximum atomic E-state index is 12.2. The highest BCUT2D eigenvalue weighted by molar-refractivity contribution is 8.03. The molecule has 0 saturated carbocycles. The Morgan fingerprint density at radius 3 is 2.73 bits per heavy atom. The van der Waals surface area contributed by atoms with Crippen LogP contribution >= 0.6 is 11.8 Å². The van der Waals surface area contributed by atoms with Gasteiger partial charge in [-0.2, -0.15) is 0 Å². The zero-order valence-electron chi connectivity index (χ0n) is 11.7. The number of β-lactam (4-membered cyclic amide) rings is 1. The molecule has 2 N–H and O–H groups in total. The van der Waals surface area contributed by atoms with Gasteiger partial charge in [-0.1, -0.05) is 11.8 Å². The van der Waals surface area contributed by atoms with Crippen molar-refractivity contribution in [3.05, 3.63) is 40.2 Å². The van der Waals surface area contributed by atoms with Crippen LogP contribution in [0.4, 0.5) is 0 Å². The predicted molar refractivity (Wildman–Crippen MR) is 77.6 cm³/mol. The summed E-state index contributed by atoms with van der Waals surface area (Å²) in [5.74, 6) is -1.49. The first kappa shape index (κ1) is 14.7. The Labute approximate surface area is 130 Å². The molecule has 1 aromatic rings. The van der Waals surface area contributed by atoms with Crippen molar-refractivity contribution in [2.45, 2.75) is 24.5 Å². The molecule has 0 unspecified atom stereocenters. The van der Waals surface area contributed by atoms with Crippen LogP contribution in [0.1, 0.15) is 13.3 Å². The van der Waals surface area contributed by atoms with Gasteiger partial charge in [0, 0.05) is 29.3 Å². The molecule has 0 spiro atoms. The van der Waals surface area contributed by atoms with Gasteiger partial charge in [0.05, 0.1) is 12.6 Å². The number of carbonyl (C=O) groups excluding carboxylic acids is 1. The van der Waals surface area contributed by atoms with E-state index >= 15 is 0 Å². The monoisotopic (exact) mass is 319 g/mol. The average molecular weight is 319 g/mol. The second-order valence-corrected chi connectivity index (χ2v) is 6.02. The Bertz CT molecular complexity index is 714. The van der Waals surface area contributed by atoms with Gasteiger partial charge in [0.2, 0.25) is 0 Å². The van der Waals surface area contributed by atoms with Gasteiger partial charge in [-0.25, -0.2) is 14.8 Å². The van der Waals surface area contributed by atoms with Crippen LogP contribution in [0.2, 0.25) is 0 Å². The van der Waals surface area contributed by atoms with E-state index in [-0.39, 0.29) is 24.3 Å². The van der Waals surface area contributed by atoms with E-state index < -0.39 is 5.97 Å². The molecule has 3 heterocycles. The minimum absolute atomic E-state index is 0.0121. The van der Waals surface area contributed by atoms with Crippen LogP contribution in [-0.2, 0) is 9.59 Å². The van der Waals surface area contributed by atoms with Gasteiger partial charge < -0.3 is 10.2 Å². The number of aliphatic hydroxyl groups excluding tert-OH is 1. The number of carboxylic acid groups (broad SMARTS) is 1. The lowest BCUT2D eigenvalue weighted by Crippen LogP contribution is -2.53. The van der Waals surface area contributed by atoms with Gasteiger partial charge in [-0.15, -0.1) is 0 Å². The Hall–Kier alpha value is -2.19. The minimum atomic E-state index is -1.14. The number of fused-ring (bicyclic) bond motifs is 1. The molecule has 22 heavy (non-hydrogen) atoms. The molecule has 2 aliphatic heterocycles. The number of rotatable bonds is 4. The molecule has 2 aliphatic rings. The van der Waals surface area contributed by atoms with Crippen LogP contribution in [0, 0.1) is 0 Å². The second-order valence-electron chi connectivity index (χ2n) is 4.96. The van der Waals surface area contributed by atoms with Gasteiger partial charge in [-0.05, 0) is 18.6 Å². The Morgan fingerprint density at radius 2 is 2.14 bits per heavy atom. The first-order valence-corrected chi connectivity index (χ1v) is 7.41. The van der Waals surface area contributed by atoms with E-state index in [4.69, 9.17) is 0 Å². The summed E-state index contributed by atoms with van der Waals surface area (Å²) in [4.78, 5) is 33.7. The predicted octanol–water partition coefficient (Wildman–Crippen LogP) is 0.788. The molecule has 1 atom stereocenters.